The number of nitrogens with two attached hydrogens (primary N) is 1. The second-order valence-corrected chi connectivity index (χ2v) is 5.25. The Morgan fingerprint density at radius 1 is 1.44 bits per heavy atom. The normalized spacial score (nSPS) is 24.1. The molecule has 2 saturated heterocycles. The molecule has 0 spiro atoms. The van der Waals surface area contributed by atoms with Crippen LogP contribution in [0.15, 0.2) is 0 Å². The van der Waals surface area contributed by atoms with Crippen molar-refractivity contribution in [2.24, 2.45) is 11.7 Å². The van der Waals surface area contributed by atoms with Crippen LogP contribution in [-0.2, 0) is 4.79 Å². The number of carbonyl (C=O) groups excluding carboxylic acids is 2. The molecule has 2 fully saturated rings. The van der Waals surface area contributed by atoms with Gasteiger partial charge in [0, 0.05) is 19.1 Å². The molecular formula is C12H22N4O2. The summed E-state index contributed by atoms with van der Waals surface area (Å²) in [7, 11) is 0. The Hall–Kier alpha value is -1.14. The third-order valence-electron chi connectivity index (χ3n) is 3.89. The average molecular weight is 254 g/mol. The first-order valence-electron chi connectivity index (χ1n) is 6.64. The minimum absolute atomic E-state index is 0.0933. The summed E-state index contributed by atoms with van der Waals surface area (Å²) in [5.41, 5.74) is 5.88. The summed E-state index contributed by atoms with van der Waals surface area (Å²) >= 11 is 0. The maximum atomic E-state index is 11.9. The standard InChI is InChI=1S/C12H22N4O2/c1-9(13)10-2-5-15(6-3-10)8-11(17)16-7-4-14-12(16)18/h9-10H,2-8,13H2,1H3,(H,14,18). The molecule has 6 heteroatoms. The zero-order chi connectivity index (χ0) is 13.1. The van der Waals surface area contributed by atoms with Gasteiger partial charge in [-0.3, -0.25) is 14.6 Å². The number of hydrogen-bond acceptors (Lipinski definition) is 4. The maximum Gasteiger partial charge on any atom is 0.324 e. The second kappa shape index (κ2) is 5.67. The van der Waals surface area contributed by atoms with Gasteiger partial charge in [0.25, 0.3) is 0 Å². The molecule has 3 N–H and O–H groups in total. The van der Waals surface area contributed by atoms with Crippen LogP contribution in [0.3, 0.4) is 0 Å². The maximum absolute atomic E-state index is 11.9. The lowest BCUT2D eigenvalue weighted by Gasteiger charge is -2.33. The van der Waals surface area contributed by atoms with Crippen LogP contribution in [0.5, 0.6) is 0 Å². The van der Waals surface area contributed by atoms with E-state index < -0.39 is 0 Å². The largest absolute Gasteiger partial charge is 0.336 e. The highest BCUT2D eigenvalue weighted by Crippen LogP contribution is 2.19. The number of nitrogens with one attached hydrogen (secondary N) is 1. The Bertz CT molecular complexity index is 324. The quantitative estimate of drug-likeness (QED) is 0.718. The zero-order valence-electron chi connectivity index (χ0n) is 10.9. The molecule has 3 amide bonds. The summed E-state index contributed by atoms with van der Waals surface area (Å²) in [6.07, 6.45) is 2.08. The molecule has 102 valence electrons. The number of likely N-dealkylation sites (tertiary alicyclic amines) is 1. The van der Waals surface area contributed by atoms with Crippen molar-refractivity contribution in [3.63, 3.8) is 0 Å². The molecule has 0 bridgehead atoms. The molecule has 2 rings (SSSR count). The van der Waals surface area contributed by atoms with Gasteiger partial charge in [0.15, 0.2) is 0 Å². The Morgan fingerprint density at radius 3 is 2.61 bits per heavy atom. The van der Waals surface area contributed by atoms with E-state index in [1.54, 1.807) is 0 Å². The number of urea groups is 1. The first-order chi connectivity index (χ1) is 8.58. The average Bonchev–Trinajstić information content (AvgIpc) is 2.76. The van der Waals surface area contributed by atoms with Gasteiger partial charge in [0.2, 0.25) is 5.91 Å². The lowest BCUT2D eigenvalue weighted by molar-refractivity contribution is -0.129. The summed E-state index contributed by atoms with van der Waals surface area (Å²) in [5, 5.41) is 2.64. The van der Waals surface area contributed by atoms with Gasteiger partial charge in [-0.15, -0.1) is 0 Å². The van der Waals surface area contributed by atoms with E-state index in [4.69, 9.17) is 5.73 Å². The van der Waals surface area contributed by atoms with Crippen LogP contribution in [0.4, 0.5) is 4.79 Å². The molecule has 0 aliphatic carbocycles. The van der Waals surface area contributed by atoms with Crippen molar-refractivity contribution in [3.05, 3.63) is 0 Å². The summed E-state index contributed by atoms with van der Waals surface area (Å²) < 4.78 is 0. The van der Waals surface area contributed by atoms with Gasteiger partial charge < -0.3 is 11.1 Å². The number of hydrogen-bond donors (Lipinski definition) is 2. The molecule has 2 aliphatic heterocycles. The fraction of sp³-hybridized carbons (Fsp3) is 0.833. The molecule has 1 unspecified atom stereocenters. The summed E-state index contributed by atoms with van der Waals surface area (Å²) in [5.74, 6) is 0.468. The van der Waals surface area contributed by atoms with Crippen LogP contribution < -0.4 is 11.1 Å². The number of nitrogens with zero attached hydrogens (tertiary/aromatic N) is 2. The molecule has 2 aliphatic rings. The fourth-order valence-corrected chi connectivity index (χ4v) is 2.62. The van der Waals surface area contributed by atoms with Crippen molar-refractivity contribution in [1.29, 1.82) is 0 Å². The molecule has 0 aromatic carbocycles. The van der Waals surface area contributed by atoms with Gasteiger partial charge in [-0.05, 0) is 38.8 Å². The highest BCUT2D eigenvalue weighted by Gasteiger charge is 2.29. The first kappa shape index (κ1) is 13.3. The highest BCUT2D eigenvalue weighted by atomic mass is 16.2. The van der Waals surface area contributed by atoms with Gasteiger partial charge in [-0.2, -0.15) is 0 Å². The van der Waals surface area contributed by atoms with Gasteiger partial charge in [0.1, 0.15) is 0 Å². The van der Waals surface area contributed by atoms with Gasteiger partial charge >= 0.3 is 6.03 Å². The molecule has 0 radical (unpaired) electrons. The SMILES string of the molecule is CC(N)C1CCN(CC(=O)N2CCNC2=O)CC1. The van der Waals surface area contributed by atoms with Crippen molar-refractivity contribution in [2.45, 2.75) is 25.8 Å². The van der Waals surface area contributed by atoms with Crippen LogP contribution in [0.25, 0.3) is 0 Å². The monoisotopic (exact) mass is 254 g/mol. The van der Waals surface area contributed by atoms with Gasteiger partial charge in [-0.1, -0.05) is 0 Å². The molecule has 6 nitrogen and oxygen atoms in total. The van der Waals surface area contributed by atoms with Crippen LogP contribution in [-0.4, -0.2) is 60.5 Å². The van der Waals surface area contributed by atoms with Crippen LogP contribution in [0.1, 0.15) is 19.8 Å². The van der Waals surface area contributed by atoms with Crippen LogP contribution >= 0.6 is 0 Å². The number of carbonyl (C=O) groups is 2. The van der Waals surface area contributed by atoms with Crippen LogP contribution in [0, 0.1) is 5.92 Å². The van der Waals surface area contributed by atoms with E-state index >= 15 is 0 Å². The minimum Gasteiger partial charge on any atom is -0.336 e. The molecule has 0 aromatic rings. The number of amides is 3. The van der Waals surface area contributed by atoms with Gasteiger partial charge in [0.05, 0.1) is 6.54 Å². The topological polar surface area (TPSA) is 78.7 Å². The molecule has 0 saturated carbocycles. The lowest BCUT2D eigenvalue weighted by Crippen LogP contribution is -2.46. The van der Waals surface area contributed by atoms with E-state index in [1.807, 2.05) is 6.92 Å². The number of imide groups is 1. The third-order valence-corrected chi connectivity index (χ3v) is 3.89. The van der Waals surface area contributed by atoms with Crippen molar-refractivity contribution in [1.82, 2.24) is 15.1 Å². The van der Waals surface area contributed by atoms with E-state index in [1.165, 1.54) is 4.90 Å². The Balaban J connectivity index is 1.77. The van der Waals surface area contributed by atoms with E-state index in [9.17, 15) is 9.59 Å². The minimum atomic E-state index is -0.259. The smallest absolute Gasteiger partial charge is 0.324 e. The summed E-state index contributed by atoms with van der Waals surface area (Å²) in [6.45, 7) is 5.24. The van der Waals surface area contributed by atoms with Crippen molar-refractivity contribution >= 4 is 11.9 Å². The number of rotatable bonds is 3. The molecule has 1 atom stereocenters. The lowest BCUT2D eigenvalue weighted by atomic mass is 9.91. The third kappa shape index (κ3) is 3.00. The van der Waals surface area contributed by atoms with Crippen LogP contribution in [0.2, 0.25) is 0 Å². The van der Waals surface area contributed by atoms with E-state index in [0.29, 0.717) is 25.6 Å². The van der Waals surface area contributed by atoms with E-state index in [0.717, 1.165) is 25.9 Å². The summed E-state index contributed by atoms with van der Waals surface area (Å²) in [4.78, 5) is 26.7. The molecule has 0 aromatic heterocycles. The Kier molecular flexibility index (Phi) is 4.19. The fourth-order valence-electron chi connectivity index (χ4n) is 2.62. The van der Waals surface area contributed by atoms with Crippen molar-refractivity contribution in [2.75, 3.05) is 32.7 Å². The predicted octanol–water partition coefficient (Wildman–Crippen LogP) is -0.403. The zero-order valence-corrected chi connectivity index (χ0v) is 10.9. The van der Waals surface area contributed by atoms with Gasteiger partial charge in [-0.25, -0.2) is 4.79 Å². The molecular weight excluding hydrogens is 232 g/mol. The molecule has 2 heterocycles. The van der Waals surface area contributed by atoms with Crippen molar-refractivity contribution in [3.8, 4) is 0 Å². The number of piperidine rings is 1. The van der Waals surface area contributed by atoms with E-state index in [2.05, 4.69) is 10.2 Å². The second-order valence-electron chi connectivity index (χ2n) is 5.25. The Labute approximate surface area is 107 Å². The van der Waals surface area contributed by atoms with Crippen molar-refractivity contribution < 1.29 is 9.59 Å². The predicted molar refractivity (Wildman–Crippen MR) is 67.9 cm³/mol. The first-order valence-corrected chi connectivity index (χ1v) is 6.64. The summed E-state index contributed by atoms with van der Waals surface area (Å²) in [6, 6.07) is -0.0299. The highest BCUT2D eigenvalue weighted by molar-refractivity contribution is 5.96. The Morgan fingerprint density at radius 2 is 2.11 bits per heavy atom. The van der Waals surface area contributed by atoms with E-state index in [-0.39, 0.29) is 18.0 Å². The molecule has 18 heavy (non-hydrogen) atoms.